The number of halogens is 4. The number of rotatable bonds is 6. The van der Waals surface area contributed by atoms with Crippen LogP contribution in [0.1, 0.15) is 80.3 Å². The van der Waals surface area contributed by atoms with E-state index < -0.39 is 46.8 Å². The molecule has 11 heteroatoms. The predicted molar refractivity (Wildman–Crippen MR) is 144 cm³/mol. The van der Waals surface area contributed by atoms with Crippen molar-refractivity contribution in [2.24, 2.45) is 10.4 Å². The van der Waals surface area contributed by atoms with Gasteiger partial charge in [-0.3, -0.25) is 10.1 Å². The Morgan fingerprint density at radius 3 is 2.25 bits per heavy atom. The molecular weight excluding hydrogens is 526 g/mol. The van der Waals surface area contributed by atoms with Crippen molar-refractivity contribution in [3.63, 3.8) is 0 Å². The SMILES string of the molecule is COC[C@H](C)NC(=NC1NNC(c2cc(F)cc(F)c2)C12CCCCCCCC2)NC(=O)c1ccc(F)c(F)c1. The number of guanidine groups is 1. The van der Waals surface area contributed by atoms with Gasteiger partial charge in [-0.15, -0.1) is 0 Å². The van der Waals surface area contributed by atoms with Gasteiger partial charge in [0.2, 0.25) is 0 Å². The van der Waals surface area contributed by atoms with Crippen LogP contribution in [0.2, 0.25) is 0 Å². The van der Waals surface area contributed by atoms with Crippen LogP contribution in [-0.4, -0.2) is 37.8 Å². The number of nitrogens with zero attached hydrogens (tertiary/aromatic N) is 1. The number of benzene rings is 2. The highest BCUT2D eigenvalue weighted by molar-refractivity contribution is 6.05. The third-order valence-electron chi connectivity index (χ3n) is 7.71. The van der Waals surface area contributed by atoms with Crippen molar-refractivity contribution in [3.8, 4) is 0 Å². The van der Waals surface area contributed by atoms with Gasteiger partial charge in [-0.2, -0.15) is 0 Å². The first-order valence-corrected chi connectivity index (χ1v) is 13.8. The standard InChI is InChI=1S/C29H37F4N5O2/c1-18(17-40-2)34-28(35-26(39)19-9-10-23(32)24(33)15-19)36-27-29(11-7-5-3-4-6-8-12-29)25(37-38-27)20-13-21(30)16-22(31)14-20/h9-10,13-16,18,25,27,37-38H,3-8,11-12,17H2,1-2H3,(H2,34,35,36,39)/t18-,25?,27?/m0/s1. The first-order chi connectivity index (χ1) is 19.2. The second-order valence-electron chi connectivity index (χ2n) is 10.7. The fourth-order valence-electron chi connectivity index (χ4n) is 5.80. The first-order valence-electron chi connectivity index (χ1n) is 13.8. The van der Waals surface area contributed by atoms with E-state index in [1.54, 1.807) is 7.11 Å². The molecule has 1 amide bonds. The molecule has 1 saturated heterocycles. The highest BCUT2D eigenvalue weighted by Crippen LogP contribution is 2.50. The lowest BCUT2D eigenvalue weighted by Gasteiger charge is -2.38. The minimum absolute atomic E-state index is 0.0735. The largest absolute Gasteiger partial charge is 0.383 e. The lowest BCUT2D eigenvalue weighted by molar-refractivity contribution is 0.0973. The summed E-state index contributed by atoms with van der Waals surface area (Å²) in [5.41, 5.74) is 6.31. The molecule has 4 rings (SSSR count). The second-order valence-corrected chi connectivity index (χ2v) is 10.7. The molecule has 0 radical (unpaired) electrons. The van der Waals surface area contributed by atoms with Crippen molar-refractivity contribution in [1.29, 1.82) is 0 Å². The number of hydrogen-bond acceptors (Lipinski definition) is 5. The number of carbonyl (C=O) groups is 1. The van der Waals surface area contributed by atoms with Crippen LogP contribution in [0.5, 0.6) is 0 Å². The summed E-state index contributed by atoms with van der Waals surface area (Å²) in [6.07, 6.45) is 7.03. The second kappa shape index (κ2) is 13.6. The Labute approximate surface area is 232 Å². The highest BCUT2D eigenvalue weighted by atomic mass is 19.2. The van der Waals surface area contributed by atoms with Crippen molar-refractivity contribution in [1.82, 2.24) is 21.5 Å². The summed E-state index contributed by atoms with van der Waals surface area (Å²) in [4.78, 5) is 17.9. The zero-order valence-corrected chi connectivity index (χ0v) is 22.8. The van der Waals surface area contributed by atoms with Gasteiger partial charge in [-0.25, -0.2) is 33.4 Å². The normalized spacial score (nSPS) is 22.3. The van der Waals surface area contributed by atoms with Crippen LogP contribution >= 0.6 is 0 Å². The lowest BCUT2D eigenvalue weighted by atomic mass is 9.69. The first kappa shape index (κ1) is 30.0. The van der Waals surface area contributed by atoms with Crippen molar-refractivity contribution in [2.45, 2.75) is 76.5 Å². The summed E-state index contributed by atoms with van der Waals surface area (Å²) in [7, 11) is 1.55. The Kier molecular flexibility index (Phi) is 10.2. The van der Waals surface area contributed by atoms with Gasteiger partial charge in [0.15, 0.2) is 17.6 Å². The topological polar surface area (TPSA) is 86.8 Å². The van der Waals surface area contributed by atoms with E-state index in [0.29, 0.717) is 12.2 Å². The third-order valence-corrected chi connectivity index (χ3v) is 7.71. The van der Waals surface area contributed by atoms with Crippen LogP contribution in [0.25, 0.3) is 0 Å². The quantitative estimate of drug-likeness (QED) is 0.219. The van der Waals surface area contributed by atoms with Gasteiger partial charge in [0.05, 0.1) is 12.6 Å². The molecule has 2 fully saturated rings. The fourth-order valence-corrected chi connectivity index (χ4v) is 5.80. The van der Waals surface area contributed by atoms with Crippen LogP contribution in [0.15, 0.2) is 41.4 Å². The minimum atomic E-state index is -1.14. The number of hydrazine groups is 1. The van der Waals surface area contributed by atoms with Gasteiger partial charge in [0.1, 0.15) is 17.8 Å². The molecule has 1 aliphatic heterocycles. The molecule has 1 aliphatic carbocycles. The van der Waals surface area contributed by atoms with Gasteiger partial charge in [-0.1, -0.05) is 38.5 Å². The van der Waals surface area contributed by atoms with E-state index in [1.807, 2.05) is 6.92 Å². The van der Waals surface area contributed by atoms with Crippen LogP contribution in [-0.2, 0) is 4.74 Å². The summed E-state index contributed by atoms with van der Waals surface area (Å²) in [6.45, 7) is 2.16. The zero-order chi connectivity index (χ0) is 28.7. The Morgan fingerprint density at radius 1 is 0.975 bits per heavy atom. The van der Waals surface area contributed by atoms with E-state index in [0.717, 1.165) is 69.6 Å². The van der Waals surface area contributed by atoms with Crippen LogP contribution < -0.4 is 21.5 Å². The summed E-state index contributed by atoms with van der Waals surface area (Å²) < 4.78 is 61.1. The smallest absolute Gasteiger partial charge is 0.258 e. The van der Waals surface area contributed by atoms with Gasteiger partial charge in [0.25, 0.3) is 5.91 Å². The number of aliphatic imine (C=N–C) groups is 1. The van der Waals surface area contributed by atoms with Gasteiger partial charge in [0, 0.05) is 30.2 Å². The molecule has 4 N–H and O–H groups in total. The van der Waals surface area contributed by atoms with Gasteiger partial charge >= 0.3 is 0 Å². The number of carbonyl (C=O) groups excluding carboxylic acids is 1. The predicted octanol–water partition coefficient (Wildman–Crippen LogP) is 5.25. The van der Waals surface area contributed by atoms with Crippen LogP contribution in [0.4, 0.5) is 17.6 Å². The van der Waals surface area contributed by atoms with Gasteiger partial charge in [-0.05, 0) is 55.7 Å². The van der Waals surface area contributed by atoms with E-state index in [9.17, 15) is 22.4 Å². The van der Waals surface area contributed by atoms with Crippen molar-refractivity contribution >= 4 is 11.9 Å². The molecule has 0 aromatic heterocycles. The average molecular weight is 564 g/mol. The monoisotopic (exact) mass is 563 g/mol. The molecule has 2 unspecified atom stereocenters. The minimum Gasteiger partial charge on any atom is -0.383 e. The van der Waals surface area contributed by atoms with Crippen LogP contribution in [0, 0.1) is 28.7 Å². The number of nitrogens with one attached hydrogen (secondary N) is 4. The summed E-state index contributed by atoms with van der Waals surface area (Å²) in [5.74, 6) is -4.06. The summed E-state index contributed by atoms with van der Waals surface area (Å²) in [5, 5.41) is 5.84. The van der Waals surface area contributed by atoms with E-state index in [-0.39, 0.29) is 17.6 Å². The molecule has 7 nitrogen and oxygen atoms in total. The third kappa shape index (κ3) is 7.18. The Morgan fingerprint density at radius 2 is 1.62 bits per heavy atom. The van der Waals surface area contributed by atoms with E-state index >= 15 is 0 Å². The van der Waals surface area contributed by atoms with E-state index in [1.165, 1.54) is 18.2 Å². The number of ether oxygens (including phenoxy) is 1. The lowest BCUT2D eigenvalue weighted by Crippen LogP contribution is -2.49. The maximum Gasteiger partial charge on any atom is 0.258 e. The zero-order valence-electron chi connectivity index (χ0n) is 22.8. The molecule has 40 heavy (non-hydrogen) atoms. The summed E-state index contributed by atoms with van der Waals surface area (Å²) >= 11 is 0. The van der Waals surface area contributed by atoms with Crippen molar-refractivity contribution < 1.29 is 27.1 Å². The molecule has 2 aromatic carbocycles. The Balaban J connectivity index is 1.71. The molecular formula is C29H37F4N5O2. The molecule has 1 saturated carbocycles. The maximum absolute atomic E-state index is 14.3. The maximum atomic E-state index is 14.3. The van der Waals surface area contributed by atoms with Gasteiger partial charge < -0.3 is 10.1 Å². The van der Waals surface area contributed by atoms with E-state index in [2.05, 4.69) is 21.5 Å². The number of hydrogen-bond donors (Lipinski definition) is 4. The number of amides is 1. The molecule has 3 atom stereocenters. The molecule has 218 valence electrons. The van der Waals surface area contributed by atoms with Crippen LogP contribution in [0.3, 0.4) is 0 Å². The van der Waals surface area contributed by atoms with Crippen molar-refractivity contribution in [2.75, 3.05) is 13.7 Å². The molecule has 1 heterocycles. The summed E-state index contributed by atoms with van der Waals surface area (Å²) in [6, 6.07) is 5.74. The molecule has 0 bridgehead atoms. The Bertz CT molecular complexity index is 1180. The van der Waals surface area contributed by atoms with Crippen molar-refractivity contribution in [3.05, 3.63) is 70.8 Å². The average Bonchev–Trinajstić information content (AvgIpc) is 3.29. The van der Waals surface area contributed by atoms with E-state index in [4.69, 9.17) is 9.73 Å². The highest BCUT2D eigenvalue weighted by Gasteiger charge is 2.50. The number of methoxy groups -OCH3 is 1. The molecule has 1 spiro atoms. The fraction of sp³-hybridized carbons (Fsp3) is 0.517. The molecule has 2 aromatic rings. The Hall–Kier alpha value is -3.02. The molecule has 2 aliphatic rings.